The molecule has 0 saturated carbocycles. The number of hydrogen-bond donors (Lipinski definition) is 1. The van der Waals surface area contributed by atoms with E-state index in [0.29, 0.717) is 17.1 Å². The van der Waals surface area contributed by atoms with E-state index in [0.717, 1.165) is 31.9 Å². The average molecular weight is 447 g/mol. The molecule has 1 N–H and O–H groups in total. The third-order valence-electron chi connectivity index (χ3n) is 6.20. The standard InChI is InChI=1S/C23H21N5O5/c29-21-17-3-1-2-4-18(17)22(30)20-19(21)24-28(33)27(20)14-11-25-9-12-26(13-10-25)16-7-5-15(6-8-16)23(31)32/h1-8H,9-14H2,(H,31,32). The molecule has 10 nitrogen and oxygen atoms in total. The predicted molar refractivity (Wildman–Crippen MR) is 117 cm³/mol. The minimum absolute atomic E-state index is 0.0471. The summed E-state index contributed by atoms with van der Waals surface area (Å²) in [5, 5.41) is 25.3. The molecule has 2 heterocycles. The third kappa shape index (κ3) is 3.64. The summed E-state index contributed by atoms with van der Waals surface area (Å²) >= 11 is 0. The van der Waals surface area contributed by atoms with Crippen LogP contribution in [0.4, 0.5) is 5.69 Å². The largest absolute Gasteiger partial charge is 0.571 e. The van der Waals surface area contributed by atoms with E-state index in [1.165, 1.54) is 4.68 Å². The molecule has 0 atom stereocenters. The van der Waals surface area contributed by atoms with Crippen molar-refractivity contribution in [2.75, 3.05) is 37.6 Å². The molecule has 2 aromatic carbocycles. The highest BCUT2D eigenvalue weighted by Crippen LogP contribution is 2.25. The Morgan fingerprint density at radius 3 is 2.21 bits per heavy atom. The van der Waals surface area contributed by atoms with Crippen LogP contribution in [0.2, 0.25) is 0 Å². The number of carbonyl (C=O) groups excluding carboxylic acids is 2. The van der Waals surface area contributed by atoms with Crippen LogP contribution in [0.1, 0.15) is 42.5 Å². The van der Waals surface area contributed by atoms with E-state index in [1.54, 1.807) is 48.5 Å². The number of ketones is 2. The normalized spacial score (nSPS) is 15.9. The highest BCUT2D eigenvalue weighted by Gasteiger charge is 2.39. The molecule has 0 amide bonds. The number of nitrogens with zero attached hydrogens (tertiary/aromatic N) is 5. The van der Waals surface area contributed by atoms with Gasteiger partial charge < -0.3 is 15.2 Å². The Morgan fingerprint density at radius 1 is 0.939 bits per heavy atom. The van der Waals surface area contributed by atoms with E-state index >= 15 is 0 Å². The van der Waals surface area contributed by atoms with Gasteiger partial charge in [-0.1, -0.05) is 24.3 Å². The molecule has 0 unspecified atom stereocenters. The van der Waals surface area contributed by atoms with Gasteiger partial charge in [0, 0.05) is 59.6 Å². The first-order valence-corrected chi connectivity index (χ1v) is 10.6. The molecule has 1 aliphatic heterocycles. The van der Waals surface area contributed by atoms with Crippen molar-refractivity contribution in [3.05, 3.63) is 81.8 Å². The van der Waals surface area contributed by atoms with E-state index in [-0.39, 0.29) is 34.8 Å². The summed E-state index contributed by atoms with van der Waals surface area (Å²) in [7, 11) is 0. The number of benzene rings is 2. The van der Waals surface area contributed by atoms with E-state index in [2.05, 4.69) is 14.9 Å². The molecular formula is C23H21N5O5. The van der Waals surface area contributed by atoms with Crippen LogP contribution >= 0.6 is 0 Å². The summed E-state index contributed by atoms with van der Waals surface area (Å²) in [5.74, 6) is -1.73. The van der Waals surface area contributed by atoms with Crippen molar-refractivity contribution in [1.29, 1.82) is 0 Å². The minimum atomic E-state index is -0.952. The Bertz CT molecular complexity index is 1260. The van der Waals surface area contributed by atoms with Gasteiger partial charge in [0.15, 0.2) is 5.69 Å². The quantitative estimate of drug-likeness (QED) is 0.352. The molecule has 0 spiro atoms. The van der Waals surface area contributed by atoms with Gasteiger partial charge >= 0.3 is 5.97 Å². The molecule has 10 heteroatoms. The fraction of sp³-hybridized carbons (Fsp3) is 0.261. The summed E-state index contributed by atoms with van der Waals surface area (Å²) in [5.41, 5.74) is 1.73. The molecule has 1 fully saturated rings. The van der Waals surface area contributed by atoms with Gasteiger partial charge in [-0.3, -0.25) is 14.5 Å². The molecule has 1 aliphatic carbocycles. The SMILES string of the molecule is O=C(O)c1ccc(N2CCN(CCn3c4c(n[n+]3[O-])C(=O)c3ccccc3C4=O)CC2)cc1. The van der Waals surface area contributed by atoms with Gasteiger partial charge in [-0.2, -0.15) is 0 Å². The molecular weight excluding hydrogens is 426 g/mol. The molecule has 5 rings (SSSR count). The summed E-state index contributed by atoms with van der Waals surface area (Å²) < 4.78 is 1.24. The first-order chi connectivity index (χ1) is 15.9. The summed E-state index contributed by atoms with van der Waals surface area (Å²) in [4.78, 5) is 41.4. The van der Waals surface area contributed by atoms with Crippen molar-refractivity contribution >= 4 is 23.2 Å². The number of carboxylic acids is 1. The topological polar surface area (TPSA) is 123 Å². The Labute approximate surface area is 188 Å². The van der Waals surface area contributed by atoms with Crippen molar-refractivity contribution in [3.63, 3.8) is 0 Å². The van der Waals surface area contributed by atoms with Crippen molar-refractivity contribution in [3.8, 4) is 0 Å². The molecule has 33 heavy (non-hydrogen) atoms. The van der Waals surface area contributed by atoms with Crippen LogP contribution < -0.4 is 9.86 Å². The lowest BCUT2D eigenvalue weighted by molar-refractivity contribution is -0.749. The Balaban J connectivity index is 1.25. The zero-order valence-electron chi connectivity index (χ0n) is 17.7. The van der Waals surface area contributed by atoms with Crippen LogP contribution in [-0.2, 0) is 6.54 Å². The van der Waals surface area contributed by atoms with Gasteiger partial charge in [0.25, 0.3) is 0 Å². The summed E-state index contributed by atoms with van der Waals surface area (Å²) in [6.07, 6.45) is 0. The molecule has 1 aromatic heterocycles. The maximum absolute atomic E-state index is 13.0. The van der Waals surface area contributed by atoms with Crippen molar-refractivity contribution in [2.24, 2.45) is 0 Å². The lowest BCUT2D eigenvalue weighted by Gasteiger charge is -2.36. The van der Waals surface area contributed by atoms with Crippen molar-refractivity contribution < 1.29 is 24.4 Å². The van der Waals surface area contributed by atoms with Crippen LogP contribution in [0.25, 0.3) is 0 Å². The second-order valence-corrected chi connectivity index (χ2v) is 8.06. The molecule has 3 aromatic rings. The molecule has 168 valence electrons. The van der Waals surface area contributed by atoms with Gasteiger partial charge in [0.2, 0.25) is 17.3 Å². The number of hydrogen-bond acceptors (Lipinski definition) is 7. The first kappa shape index (κ1) is 20.8. The van der Waals surface area contributed by atoms with Gasteiger partial charge in [0.1, 0.15) is 0 Å². The van der Waals surface area contributed by atoms with Crippen molar-refractivity contribution in [1.82, 2.24) is 14.7 Å². The number of rotatable bonds is 5. The second kappa shape index (κ2) is 8.14. The minimum Gasteiger partial charge on any atom is -0.571 e. The summed E-state index contributed by atoms with van der Waals surface area (Å²) in [6, 6.07) is 13.3. The fourth-order valence-electron chi connectivity index (χ4n) is 4.38. The maximum atomic E-state index is 13.0. The van der Waals surface area contributed by atoms with Crippen LogP contribution in [-0.4, -0.2) is 70.0 Å². The molecule has 1 saturated heterocycles. The highest BCUT2D eigenvalue weighted by molar-refractivity contribution is 6.26. The van der Waals surface area contributed by atoms with E-state index in [1.807, 2.05) is 0 Å². The number of anilines is 1. The van der Waals surface area contributed by atoms with Gasteiger partial charge in [-0.15, -0.1) is 4.68 Å². The number of aromatic carboxylic acids is 1. The van der Waals surface area contributed by atoms with Crippen LogP contribution in [0, 0.1) is 5.21 Å². The zero-order valence-corrected chi connectivity index (χ0v) is 17.7. The smallest absolute Gasteiger partial charge is 0.335 e. The maximum Gasteiger partial charge on any atom is 0.335 e. The second-order valence-electron chi connectivity index (χ2n) is 8.06. The third-order valence-corrected chi connectivity index (χ3v) is 6.20. The van der Waals surface area contributed by atoms with Crippen LogP contribution in [0.5, 0.6) is 0 Å². The highest BCUT2D eigenvalue weighted by atomic mass is 16.5. The molecule has 0 radical (unpaired) electrons. The van der Waals surface area contributed by atoms with E-state index in [9.17, 15) is 19.6 Å². The van der Waals surface area contributed by atoms with E-state index < -0.39 is 11.8 Å². The van der Waals surface area contributed by atoms with Gasteiger partial charge in [0.05, 0.1) is 12.1 Å². The number of carboxylic acid groups (broad SMARTS) is 1. The lowest BCUT2D eigenvalue weighted by atomic mass is 9.90. The fourth-order valence-corrected chi connectivity index (χ4v) is 4.38. The number of fused-ring (bicyclic) bond motifs is 2. The monoisotopic (exact) mass is 447 g/mol. The number of piperazine rings is 1. The van der Waals surface area contributed by atoms with Crippen LogP contribution in [0.3, 0.4) is 0 Å². The molecule has 0 bridgehead atoms. The van der Waals surface area contributed by atoms with Crippen molar-refractivity contribution in [2.45, 2.75) is 6.54 Å². The first-order valence-electron chi connectivity index (χ1n) is 10.6. The Morgan fingerprint density at radius 2 is 1.58 bits per heavy atom. The van der Waals surface area contributed by atoms with E-state index in [4.69, 9.17) is 5.11 Å². The summed E-state index contributed by atoms with van der Waals surface area (Å²) in [6.45, 7) is 3.74. The lowest BCUT2D eigenvalue weighted by Crippen LogP contribution is -2.49. The number of aromatic nitrogens is 3. The zero-order chi connectivity index (χ0) is 23.1. The van der Waals surface area contributed by atoms with Gasteiger partial charge in [-0.05, 0) is 24.3 Å². The Hall–Kier alpha value is -4.05. The van der Waals surface area contributed by atoms with Crippen LogP contribution in [0.15, 0.2) is 48.5 Å². The van der Waals surface area contributed by atoms with Gasteiger partial charge in [-0.25, -0.2) is 4.79 Å². The molecule has 2 aliphatic rings. The number of carbonyl (C=O) groups is 3. The predicted octanol–water partition coefficient (Wildman–Crippen LogP) is 0.812. The Kier molecular flexibility index (Phi) is 5.14. The average Bonchev–Trinajstić information content (AvgIpc) is 3.18.